The number of nitrogens with zero attached hydrogens (tertiary/aromatic N) is 9. The summed E-state index contributed by atoms with van der Waals surface area (Å²) in [6, 6.07) is 7.64. The summed E-state index contributed by atoms with van der Waals surface area (Å²) in [4.78, 5) is 29.0. The van der Waals surface area contributed by atoms with Crippen LogP contribution in [0.3, 0.4) is 0 Å². The van der Waals surface area contributed by atoms with Crippen LogP contribution in [0.1, 0.15) is 35.8 Å². The van der Waals surface area contributed by atoms with Crippen molar-refractivity contribution in [1.29, 1.82) is 5.26 Å². The molecule has 1 saturated heterocycles. The molecule has 12 heteroatoms. The minimum Gasteiger partial charge on any atom is -0.497 e. The highest BCUT2D eigenvalue weighted by molar-refractivity contribution is 5.93. The van der Waals surface area contributed by atoms with Crippen molar-refractivity contribution in [2.24, 2.45) is 18.9 Å². The molecule has 3 atom stereocenters. The van der Waals surface area contributed by atoms with Crippen LogP contribution in [0.2, 0.25) is 0 Å². The van der Waals surface area contributed by atoms with Gasteiger partial charge >= 0.3 is 0 Å². The van der Waals surface area contributed by atoms with E-state index in [9.17, 15) is 10.1 Å². The highest BCUT2D eigenvalue weighted by Gasteiger charge is 2.47. The maximum Gasteiger partial charge on any atom is 0.270 e. The minimum atomic E-state index is -0.298. The van der Waals surface area contributed by atoms with Gasteiger partial charge in [0, 0.05) is 67.0 Å². The quantitative estimate of drug-likeness (QED) is 0.323. The predicted molar refractivity (Wildman–Crippen MR) is 158 cm³/mol. The molecule has 6 heterocycles. The van der Waals surface area contributed by atoms with Gasteiger partial charge in [-0.2, -0.15) is 15.5 Å². The normalized spacial score (nSPS) is 21.1. The fourth-order valence-electron chi connectivity index (χ4n) is 6.68. The maximum absolute atomic E-state index is 13.0. The molecule has 5 aromatic rings. The zero-order valence-corrected chi connectivity index (χ0v) is 24.1. The van der Waals surface area contributed by atoms with Crippen molar-refractivity contribution in [1.82, 2.24) is 39.7 Å². The zero-order valence-electron chi connectivity index (χ0n) is 24.1. The summed E-state index contributed by atoms with van der Waals surface area (Å²) in [7, 11) is 3.45. The summed E-state index contributed by atoms with van der Waals surface area (Å²) >= 11 is 0. The molecule has 0 aromatic carbocycles. The van der Waals surface area contributed by atoms with Crippen molar-refractivity contribution < 1.29 is 9.53 Å². The molecule has 216 valence electrons. The number of nitrogens with one attached hydrogen (secondary N) is 1. The SMILES string of the molecule is COc1ccnc(C(=O)NC2(C)C[C@H]3CN(c4cnc(-c5cc(-c6cnn(C)c6)cn6ncc(C#N)c56)cn4)C[C@H]3C2)c1. The Morgan fingerprint density at radius 1 is 1.05 bits per heavy atom. The van der Waals surface area contributed by atoms with Crippen LogP contribution in [0, 0.1) is 23.2 Å². The Kier molecular flexibility index (Phi) is 6.30. The topological polar surface area (TPSA) is 139 Å². The molecule has 43 heavy (non-hydrogen) atoms. The molecule has 5 aromatic heterocycles. The lowest BCUT2D eigenvalue weighted by Gasteiger charge is -2.28. The van der Waals surface area contributed by atoms with Crippen LogP contribution in [-0.2, 0) is 7.05 Å². The number of amides is 1. The number of carbonyl (C=O) groups excluding carboxylic acids is 1. The lowest BCUT2D eigenvalue weighted by Crippen LogP contribution is -2.45. The Labute approximate surface area is 248 Å². The van der Waals surface area contributed by atoms with Gasteiger partial charge in [0.1, 0.15) is 23.3 Å². The number of rotatable bonds is 6. The largest absolute Gasteiger partial charge is 0.497 e. The van der Waals surface area contributed by atoms with Gasteiger partial charge in [-0.05, 0) is 43.7 Å². The molecule has 0 radical (unpaired) electrons. The molecule has 1 amide bonds. The molecule has 2 aliphatic rings. The van der Waals surface area contributed by atoms with E-state index in [1.165, 1.54) is 0 Å². The van der Waals surface area contributed by atoms with Crippen LogP contribution < -0.4 is 15.0 Å². The summed E-state index contributed by atoms with van der Waals surface area (Å²) in [5.74, 6) is 2.12. The lowest BCUT2D eigenvalue weighted by molar-refractivity contribution is 0.0899. The number of hydrogen-bond donors (Lipinski definition) is 1. The number of carbonyl (C=O) groups is 1. The third kappa shape index (κ3) is 4.82. The average molecular weight is 575 g/mol. The predicted octanol–water partition coefficient (Wildman–Crippen LogP) is 3.50. The molecule has 0 spiro atoms. The first kappa shape index (κ1) is 26.6. The summed E-state index contributed by atoms with van der Waals surface area (Å²) in [5, 5.41) is 21.7. The van der Waals surface area contributed by atoms with Crippen LogP contribution in [0.4, 0.5) is 5.82 Å². The van der Waals surface area contributed by atoms with E-state index >= 15 is 0 Å². The summed E-state index contributed by atoms with van der Waals surface area (Å²) in [6.45, 7) is 3.82. The zero-order chi connectivity index (χ0) is 29.7. The van der Waals surface area contributed by atoms with Gasteiger partial charge in [0.05, 0.1) is 48.7 Å². The fraction of sp³-hybridized carbons (Fsp3) is 0.323. The van der Waals surface area contributed by atoms with Crippen molar-refractivity contribution >= 4 is 17.2 Å². The molecule has 12 nitrogen and oxygen atoms in total. The van der Waals surface area contributed by atoms with E-state index in [4.69, 9.17) is 14.7 Å². The van der Waals surface area contributed by atoms with Gasteiger partial charge in [0.2, 0.25) is 0 Å². The van der Waals surface area contributed by atoms with Crippen molar-refractivity contribution in [2.75, 3.05) is 25.1 Å². The van der Waals surface area contributed by atoms with Crippen molar-refractivity contribution in [2.45, 2.75) is 25.3 Å². The molecule has 7 rings (SSSR count). The van der Waals surface area contributed by atoms with E-state index in [2.05, 4.69) is 38.4 Å². The van der Waals surface area contributed by atoms with Gasteiger partial charge < -0.3 is 15.0 Å². The number of pyridine rings is 2. The number of aryl methyl sites for hydroxylation is 1. The summed E-state index contributed by atoms with van der Waals surface area (Å²) in [6.07, 6.45) is 14.1. The van der Waals surface area contributed by atoms with E-state index in [1.54, 1.807) is 53.2 Å². The number of hydrogen-bond acceptors (Lipinski definition) is 9. The second-order valence-electron chi connectivity index (χ2n) is 11.7. The standard InChI is InChI=1S/C31H30N10O2/c1-31(38-30(42)26-7-24(43-3)4-5-33-26)8-20-16-40(17-21(20)9-31)28-14-34-27(13-35-28)25-6-19(23-12-36-39(2)15-23)18-41-29(25)22(10-32)11-37-41/h4-7,11-15,18,20-21H,8-9,16-17H2,1-3H3,(H,38,42)/t20-,21+,31?. The van der Waals surface area contributed by atoms with Gasteiger partial charge in [-0.1, -0.05) is 0 Å². The number of ether oxygens (including phenoxy) is 1. The average Bonchev–Trinajstić information content (AvgIpc) is 3.79. The summed E-state index contributed by atoms with van der Waals surface area (Å²) in [5.41, 5.74) is 4.53. The molecule has 1 aliphatic carbocycles. The number of fused-ring (bicyclic) bond motifs is 2. The second-order valence-corrected chi connectivity index (χ2v) is 11.7. The van der Waals surface area contributed by atoms with Gasteiger partial charge in [0.25, 0.3) is 5.91 Å². The molecular formula is C31H30N10O2. The molecule has 0 bridgehead atoms. The Hall–Kier alpha value is -5.31. The van der Waals surface area contributed by atoms with E-state index < -0.39 is 0 Å². The molecule has 1 saturated carbocycles. The molecule has 1 aliphatic heterocycles. The number of aromatic nitrogens is 7. The monoisotopic (exact) mass is 574 g/mol. The van der Waals surface area contributed by atoms with Crippen LogP contribution >= 0.6 is 0 Å². The molecule has 1 N–H and O–H groups in total. The first-order valence-corrected chi connectivity index (χ1v) is 14.1. The lowest BCUT2D eigenvalue weighted by atomic mass is 9.97. The Balaban J connectivity index is 1.08. The Bertz CT molecular complexity index is 1870. The van der Waals surface area contributed by atoms with Gasteiger partial charge in [-0.3, -0.25) is 19.4 Å². The van der Waals surface area contributed by atoms with Gasteiger partial charge in [-0.25, -0.2) is 9.50 Å². The van der Waals surface area contributed by atoms with E-state index in [-0.39, 0.29) is 11.4 Å². The molecule has 2 fully saturated rings. The van der Waals surface area contributed by atoms with Crippen LogP contribution in [-0.4, -0.2) is 66.0 Å². The highest BCUT2D eigenvalue weighted by atomic mass is 16.5. The third-order valence-corrected chi connectivity index (χ3v) is 8.63. The summed E-state index contributed by atoms with van der Waals surface area (Å²) < 4.78 is 8.70. The number of nitriles is 1. The Morgan fingerprint density at radius 2 is 1.86 bits per heavy atom. The van der Waals surface area contributed by atoms with E-state index in [1.807, 2.05) is 31.7 Å². The first-order valence-electron chi connectivity index (χ1n) is 14.1. The smallest absolute Gasteiger partial charge is 0.270 e. The first-order chi connectivity index (χ1) is 20.8. The highest BCUT2D eigenvalue weighted by Crippen LogP contribution is 2.45. The second kappa shape index (κ2) is 10.2. The fourth-order valence-corrected chi connectivity index (χ4v) is 6.68. The van der Waals surface area contributed by atoms with Gasteiger partial charge in [-0.15, -0.1) is 0 Å². The molecular weight excluding hydrogens is 544 g/mol. The van der Waals surface area contributed by atoms with E-state index in [0.29, 0.717) is 40.1 Å². The Morgan fingerprint density at radius 3 is 2.53 bits per heavy atom. The molecule has 1 unspecified atom stereocenters. The minimum absolute atomic E-state index is 0.181. The van der Waals surface area contributed by atoms with Crippen LogP contribution in [0.15, 0.2) is 61.6 Å². The van der Waals surface area contributed by atoms with Crippen LogP contribution in [0.5, 0.6) is 5.75 Å². The van der Waals surface area contributed by atoms with Crippen molar-refractivity contribution in [3.8, 4) is 34.2 Å². The number of methoxy groups -OCH3 is 1. The third-order valence-electron chi connectivity index (χ3n) is 8.63. The maximum atomic E-state index is 13.0. The van der Waals surface area contributed by atoms with Crippen molar-refractivity contribution in [3.05, 3.63) is 72.8 Å². The van der Waals surface area contributed by atoms with Crippen molar-refractivity contribution in [3.63, 3.8) is 0 Å². The van der Waals surface area contributed by atoms with Crippen LogP contribution in [0.25, 0.3) is 27.9 Å². The van der Waals surface area contributed by atoms with Gasteiger partial charge in [0.15, 0.2) is 0 Å². The van der Waals surface area contributed by atoms with E-state index in [0.717, 1.165) is 48.4 Å². The number of anilines is 1.